The molecule has 0 unspecified atom stereocenters. The number of methoxy groups -OCH3 is 1. The van der Waals surface area contributed by atoms with E-state index in [-0.39, 0.29) is 11.1 Å². The van der Waals surface area contributed by atoms with Gasteiger partial charge in [0.15, 0.2) is 14.1 Å². The number of carbonyl (C=O) groups excluding carboxylic acids is 1. The Morgan fingerprint density at radius 3 is 2.49 bits per heavy atom. The van der Waals surface area contributed by atoms with Gasteiger partial charge in [-0.1, -0.05) is 44.5 Å². The molecule has 1 aromatic carbocycles. The quantitative estimate of drug-likeness (QED) is 0.155. The third-order valence-electron chi connectivity index (χ3n) is 7.74. The molecule has 39 heavy (non-hydrogen) atoms. The molecule has 0 aliphatic carbocycles. The van der Waals surface area contributed by atoms with Gasteiger partial charge in [-0.2, -0.15) is 0 Å². The number of halogens is 1. The van der Waals surface area contributed by atoms with Crippen molar-refractivity contribution in [1.82, 2.24) is 19.7 Å². The molecule has 0 spiro atoms. The van der Waals surface area contributed by atoms with Crippen LogP contribution in [0.15, 0.2) is 42.6 Å². The van der Waals surface area contributed by atoms with Crippen molar-refractivity contribution in [1.29, 1.82) is 0 Å². The molecule has 2 amide bonds. The van der Waals surface area contributed by atoms with Crippen LogP contribution < -0.4 is 9.64 Å². The van der Waals surface area contributed by atoms with Crippen LogP contribution >= 0.6 is 11.6 Å². The van der Waals surface area contributed by atoms with E-state index in [9.17, 15) is 4.79 Å². The zero-order chi connectivity index (χ0) is 28.4. The van der Waals surface area contributed by atoms with Crippen molar-refractivity contribution in [3.05, 3.63) is 64.6 Å². The minimum absolute atomic E-state index is 0.0528. The molecule has 210 valence electrons. The number of ether oxygens (including phenoxy) is 1. The number of aryl methyl sites for hydroxylation is 1. The SMILES string of the molecule is COc1ccc(CN2CCN(c3ccn(-c4cc(C)nc(Cl)c4CCCO[Si](C)(C)C(C)(C)C)n3)C2=O)cc1. The highest BCUT2D eigenvalue weighted by molar-refractivity contribution is 6.74. The van der Waals surface area contributed by atoms with E-state index in [0.29, 0.717) is 37.2 Å². The van der Waals surface area contributed by atoms with E-state index in [1.807, 2.05) is 54.4 Å². The van der Waals surface area contributed by atoms with Gasteiger partial charge in [0, 0.05) is 49.8 Å². The lowest BCUT2D eigenvalue weighted by atomic mass is 10.1. The lowest BCUT2D eigenvalue weighted by Crippen LogP contribution is -2.41. The zero-order valence-corrected chi connectivity index (χ0v) is 25.9. The molecule has 0 bridgehead atoms. The summed E-state index contributed by atoms with van der Waals surface area (Å²) in [4.78, 5) is 21.3. The average molecular weight is 570 g/mol. The van der Waals surface area contributed by atoms with E-state index in [4.69, 9.17) is 25.9 Å². The predicted molar refractivity (Wildman–Crippen MR) is 159 cm³/mol. The maximum absolute atomic E-state index is 13.2. The van der Waals surface area contributed by atoms with Gasteiger partial charge in [0.25, 0.3) is 0 Å². The smallest absolute Gasteiger partial charge is 0.326 e. The standard InChI is InChI=1S/C29H40ClN5O3Si/c1-21-19-25(24(27(30)31-21)9-8-18-38-39(6,7)29(2,3)4)35-15-14-26(32-35)34-17-16-33(28(34)36)20-22-10-12-23(37-5)13-11-22/h10-15,19H,8-9,16-18,20H2,1-7H3. The minimum Gasteiger partial charge on any atom is -0.497 e. The number of urea groups is 1. The summed E-state index contributed by atoms with van der Waals surface area (Å²) in [6.45, 7) is 15.6. The molecule has 1 aliphatic heterocycles. The van der Waals surface area contributed by atoms with Crippen molar-refractivity contribution in [2.75, 3.05) is 31.7 Å². The maximum Gasteiger partial charge on any atom is 0.326 e. The van der Waals surface area contributed by atoms with E-state index < -0.39 is 8.32 Å². The predicted octanol–water partition coefficient (Wildman–Crippen LogP) is 6.63. The number of pyridine rings is 1. The summed E-state index contributed by atoms with van der Waals surface area (Å²) in [6, 6.07) is 11.6. The number of carbonyl (C=O) groups is 1. The second-order valence-electron chi connectivity index (χ2n) is 11.6. The second kappa shape index (κ2) is 11.7. The molecule has 0 radical (unpaired) electrons. The number of amides is 2. The molecule has 0 saturated carbocycles. The number of hydrogen-bond donors (Lipinski definition) is 0. The first-order chi connectivity index (χ1) is 18.4. The fraction of sp³-hybridized carbons (Fsp3) is 0.483. The average Bonchev–Trinajstić information content (AvgIpc) is 3.49. The van der Waals surface area contributed by atoms with Gasteiger partial charge < -0.3 is 14.1 Å². The van der Waals surface area contributed by atoms with E-state index in [2.05, 4.69) is 38.8 Å². The molecule has 2 aromatic heterocycles. The van der Waals surface area contributed by atoms with Crippen LogP contribution in [0.5, 0.6) is 5.75 Å². The molecule has 1 aliphatic rings. The van der Waals surface area contributed by atoms with Gasteiger partial charge in [0.2, 0.25) is 0 Å². The maximum atomic E-state index is 13.2. The van der Waals surface area contributed by atoms with Crippen molar-refractivity contribution in [2.45, 2.75) is 65.2 Å². The summed E-state index contributed by atoms with van der Waals surface area (Å²) in [5.41, 5.74) is 3.69. The summed E-state index contributed by atoms with van der Waals surface area (Å²) in [5, 5.41) is 5.44. The normalized spacial score (nSPS) is 14.4. The van der Waals surface area contributed by atoms with Crippen molar-refractivity contribution >= 4 is 31.8 Å². The lowest BCUT2D eigenvalue weighted by Gasteiger charge is -2.36. The van der Waals surface area contributed by atoms with Crippen LogP contribution in [0.3, 0.4) is 0 Å². The molecule has 0 atom stereocenters. The third kappa shape index (κ3) is 6.65. The highest BCUT2D eigenvalue weighted by Crippen LogP contribution is 2.36. The summed E-state index contributed by atoms with van der Waals surface area (Å²) in [6.07, 6.45) is 3.45. The molecule has 8 nitrogen and oxygen atoms in total. The number of rotatable bonds is 10. The summed E-state index contributed by atoms with van der Waals surface area (Å²) < 4.78 is 13.4. The largest absolute Gasteiger partial charge is 0.497 e. The van der Waals surface area contributed by atoms with Crippen LogP contribution in [0, 0.1) is 6.92 Å². The van der Waals surface area contributed by atoms with Crippen LogP contribution in [0.25, 0.3) is 5.69 Å². The topological polar surface area (TPSA) is 72.7 Å². The van der Waals surface area contributed by atoms with Gasteiger partial charge in [-0.25, -0.2) is 14.5 Å². The van der Waals surface area contributed by atoms with Crippen molar-refractivity contribution in [3.63, 3.8) is 0 Å². The Labute approximate surface area is 238 Å². The van der Waals surface area contributed by atoms with Crippen molar-refractivity contribution in [2.24, 2.45) is 0 Å². The lowest BCUT2D eigenvalue weighted by molar-refractivity contribution is 0.218. The third-order valence-corrected chi connectivity index (χ3v) is 12.6. The number of anilines is 1. The van der Waals surface area contributed by atoms with Gasteiger partial charge >= 0.3 is 6.03 Å². The van der Waals surface area contributed by atoms with Crippen LogP contribution in [-0.2, 0) is 17.4 Å². The number of benzene rings is 1. The number of nitrogens with zero attached hydrogens (tertiary/aromatic N) is 5. The van der Waals surface area contributed by atoms with E-state index in [1.165, 1.54) is 0 Å². The molecule has 3 aromatic rings. The van der Waals surface area contributed by atoms with Crippen molar-refractivity contribution in [3.8, 4) is 11.4 Å². The Hall–Kier alpha value is -2.88. The minimum atomic E-state index is -1.81. The molecular weight excluding hydrogens is 530 g/mol. The number of hydrogen-bond acceptors (Lipinski definition) is 5. The molecule has 1 saturated heterocycles. The molecular formula is C29H40ClN5O3Si. The number of aromatic nitrogens is 3. The Morgan fingerprint density at radius 2 is 1.82 bits per heavy atom. The first-order valence-corrected chi connectivity index (χ1v) is 16.7. The van der Waals surface area contributed by atoms with E-state index in [1.54, 1.807) is 16.7 Å². The Bertz CT molecular complexity index is 1300. The highest BCUT2D eigenvalue weighted by Gasteiger charge is 2.37. The Balaban J connectivity index is 1.46. The van der Waals surface area contributed by atoms with Gasteiger partial charge in [0.05, 0.1) is 12.8 Å². The first kappa shape index (κ1) is 29.1. The second-order valence-corrected chi connectivity index (χ2v) is 16.8. The van der Waals surface area contributed by atoms with E-state index in [0.717, 1.165) is 41.1 Å². The van der Waals surface area contributed by atoms with Gasteiger partial charge in [-0.3, -0.25) is 4.90 Å². The fourth-order valence-electron chi connectivity index (χ4n) is 4.36. The Morgan fingerprint density at radius 1 is 1.10 bits per heavy atom. The van der Waals surface area contributed by atoms with Crippen molar-refractivity contribution < 1.29 is 14.0 Å². The Kier molecular flexibility index (Phi) is 8.73. The fourth-order valence-corrected chi connectivity index (χ4v) is 5.77. The molecule has 4 rings (SSSR count). The summed E-state index contributed by atoms with van der Waals surface area (Å²) in [7, 11) is -0.166. The molecule has 1 fully saturated rings. The van der Waals surface area contributed by atoms with E-state index >= 15 is 0 Å². The van der Waals surface area contributed by atoms with Gasteiger partial charge in [-0.05, 0) is 61.7 Å². The monoisotopic (exact) mass is 569 g/mol. The van der Waals surface area contributed by atoms with Gasteiger partial charge in [-0.15, -0.1) is 5.10 Å². The van der Waals surface area contributed by atoms with Crippen LogP contribution in [-0.4, -0.2) is 60.8 Å². The summed E-state index contributed by atoms with van der Waals surface area (Å²) in [5.74, 6) is 1.42. The first-order valence-electron chi connectivity index (χ1n) is 13.4. The zero-order valence-electron chi connectivity index (χ0n) is 24.1. The van der Waals surface area contributed by atoms with Crippen LogP contribution in [0.1, 0.15) is 44.0 Å². The molecule has 0 N–H and O–H groups in total. The highest BCUT2D eigenvalue weighted by atomic mass is 35.5. The molecule has 3 heterocycles. The van der Waals surface area contributed by atoms with Crippen LogP contribution in [0.4, 0.5) is 10.6 Å². The van der Waals surface area contributed by atoms with Crippen LogP contribution in [0.2, 0.25) is 23.3 Å². The van der Waals surface area contributed by atoms with Gasteiger partial charge in [0.1, 0.15) is 10.9 Å². The summed E-state index contributed by atoms with van der Waals surface area (Å²) >= 11 is 6.63. The molecule has 10 heteroatoms.